The van der Waals surface area contributed by atoms with Gasteiger partial charge in [0.1, 0.15) is 0 Å². The summed E-state index contributed by atoms with van der Waals surface area (Å²) in [5.74, 6) is -0.855. The molecule has 0 aromatic rings. The Morgan fingerprint density at radius 1 is 1.25 bits per heavy atom. The molecule has 1 unspecified atom stereocenters. The molecule has 0 radical (unpaired) electrons. The van der Waals surface area contributed by atoms with Gasteiger partial charge in [-0.25, -0.2) is 0 Å². The van der Waals surface area contributed by atoms with Crippen molar-refractivity contribution in [3.05, 3.63) is 0 Å². The summed E-state index contributed by atoms with van der Waals surface area (Å²) in [6, 6.07) is 1.88. The summed E-state index contributed by atoms with van der Waals surface area (Å²) < 4.78 is 0. The highest BCUT2D eigenvalue weighted by Gasteiger charge is 2.63. The van der Waals surface area contributed by atoms with E-state index in [0.29, 0.717) is 18.8 Å². The predicted molar refractivity (Wildman–Crippen MR) is 83.9 cm³/mol. The zero-order valence-electron chi connectivity index (χ0n) is 13.7. The van der Waals surface area contributed by atoms with Crippen LogP contribution in [0.5, 0.6) is 0 Å². The number of imide groups is 1. The molecule has 2 amide bonds. The van der Waals surface area contributed by atoms with Crippen LogP contribution in [0.3, 0.4) is 0 Å². The van der Waals surface area contributed by atoms with Crippen LogP contribution in [0.1, 0.15) is 44.9 Å². The van der Waals surface area contributed by atoms with Gasteiger partial charge in [0.25, 0.3) is 0 Å². The number of nitrogens with two attached hydrogens (primary N) is 1. The summed E-state index contributed by atoms with van der Waals surface area (Å²) in [4.78, 5) is 36.9. The van der Waals surface area contributed by atoms with Crippen LogP contribution in [0.2, 0.25) is 0 Å². The number of hydrogen-bond donors (Lipinski definition) is 2. The molecular weight excluding hydrogens is 306 g/mol. The Balaban J connectivity index is 1.56. The van der Waals surface area contributed by atoms with Crippen LogP contribution in [0.15, 0.2) is 0 Å². The molecule has 1 aliphatic heterocycles. The monoisotopic (exact) mass is 329 g/mol. The van der Waals surface area contributed by atoms with Gasteiger partial charge in [-0.3, -0.25) is 19.7 Å². The molecule has 0 spiro atoms. The van der Waals surface area contributed by atoms with Crippen molar-refractivity contribution in [3.63, 3.8) is 0 Å². The van der Waals surface area contributed by atoms with E-state index in [9.17, 15) is 19.6 Å². The maximum absolute atomic E-state index is 12.6. The molecule has 5 rings (SSSR count). The van der Waals surface area contributed by atoms with Gasteiger partial charge in [0, 0.05) is 6.42 Å². The largest absolute Gasteiger partial charge is 0.321 e. The van der Waals surface area contributed by atoms with E-state index in [1.807, 2.05) is 0 Å². The molecule has 5 fully saturated rings. The van der Waals surface area contributed by atoms with Crippen molar-refractivity contribution >= 4 is 17.6 Å². The SMILES string of the molecule is N#CC1(CC(=O)[C@@H](N)CC2CC2)C[C@H]2CC[C@@H]1[C@H]1C(=O)NC(=O)[C@@H]21. The molecule has 6 atom stereocenters. The average Bonchev–Trinajstić information content (AvgIpc) is 3.32. The normalized spacial score (nSPS) is 41.5. The van der Waals surface area contributed by atoms with Crippen molar-refractivity contribution in [2.24, 2.45) is 40.7 Å². The van der Waals surface area contributed by atoms with E-state index < -0.39 is 17.4 Å². The summed E-state index contributed by atoms with van der Waals surface area (Å²) in [6.07, 6.45) is 5.26. The van der Waals surface area contributed by atoms with Gasteiger partial charge in [0.05, 0.1) is 29.4 Å². The van der Waals surface area contributed by atoms with Crippen LogP contribution in [0.4, 0.5) is 0 Å². The van der Waals surface area contributed by atoms with Crippen LogP contribution < -0.4 is 11.1 Å². The third-order valence-electron chi connectivity index (χ3n) is 6.77. The van der Waals surface area contributed by atoms with E-state index in [0.717, 1.165) is 25.7 Å². The van der Waals surface area contributed by atoms with Crippen molar-refractivity contribution in [2.75, 3.05) is 0 Å². The first-order valence-corrected chi connectivity index (χ1v) is 8.99. The molecule has 4 aliphatic carbocycles. The van der Waals surface area contributed by atoms with Gasteiger partial charge in [-0.2, -0.15) is 5.26 Å². The maximum Gasteiger partial charge on any atom is 0.230 e. The lowest BCUT2D eigenvalue weighted by molar-refractivity contribution is -0.140. The summed E-state index contributed by atoms with van der Waals surface area (Å²) in [7, 11) is 0. The number of ketones is 1. The van der Waals surface area contributed by atoms with Crippen molar-refractivity contribution in [1.82, 2.24) is 5.32 Å². The molecule has 1 saturated heterocycles. The number of amides is 2. The maximum atomic E-state index is 12.6. The van der Waals surface area contributed by atoms with Crippen molar-refractivity contribution in [1.29, 1.82) is 5.26 Å². The van der Waals surface area contributed by atoms with Crippen LogP contribution in [0.25, 0.3) is 0 Å². The first-order valence-electron chi connectivity index (χ1n) is 8.99. The van der Waals surface area contributed by atoms with Gasteiger partial charge in [0.15, 0.2) is 5.78 Å². The summed E-state index contributed by atoms with van der Waals surface area (Å²) in [5.41, 5.74) is 5.22. The molecule has 4 saturated carbocycles. The zero-order valence-corrected chi connectivity index (χ0v) is 13.7. The molecule has 6 nitrogen and oxygen atoms in total. The number of carbonyl (C=O) groups is 3. The second-order valence-corrected chi connectivity index (χ2v) is 8.25. The fourth-order valence-corrected chi connectivity index (χ4v) is 5.43. The van der Waals surface area contributed by atoms with E-state index in [2.05, 4.69) is 11.4 Å². The van der Waals surface area contributed by atoms with Gasteiger partial charge >= 0.3 is 0 Å². The topological polar surface area (TPSA) is 113 Å². The van der Waals surface area contributed by atoms with Crippen molar-refractivity contribution < 1.29 is 14.4 Å². The molecule has 128 valence electrons. The van der Waals surface area contributed by atoms with Crippen molar-refractivity contribution in [3.8, 4) is 6.07 Å². The van der Waals surface area contributed by atoms with E-state index in [1.165, 1.54) is 0 Å². The van der Waals surface area contributed by atoms with E-state index in [1.54, 1.807) is 0 Å². The smallest absolute Gasteiger partial charge is 0.230 e. The molecule has 6 heteroatoms. The number of fused-ring (bicyclic) bond motifs is 2. The van der Waals surface area contributed by atoms with E-state index >= 15 is 0 Å². The Labute approximate surface area is 141 Å². The van der Waals surface area contributed by atoms with Crippen LogP contribution >= 0.6 is 0 Å². The average molecular weight is 329 g/mol. The molecule has 1 heterocycles. The minimum atomic E-state index is -0.829. The minimum Gasteiger partial charge on any atom is -0.321 e. The van der Waals surface area contributed by atoms with Gasteiger partial charge in [0.2, 0.25) is 11.8 Å². The molecule has 5 aliphatic rings. The van der Waals surface area contributed by atoms with E-state index in [4.69, 9.17) is 5.73 Å². The molecule has 2 bridgehead atoms. The lowest BCUT2D eigenvalue weighted by atomic mass is 9.48. The van der Waals surface area contributed by atoms with Crippen LogP contribution in [-0.4, -0.2) is 23.6 Å². The standard InChI is InChI=1S/C18H23N3O3/c19-8-18(7-13(22)12(20)5-9-1-2-9)6-10-3-4-11(18)15-14(10)16(23)21-17(15)24/h9-12,14-15H,1-7,20H2,(H,21,23,24)/t10-,11-,12+,14+,15-,18?/m1/s1. The summed E-state index contributed by atoms with van der Waals surface area (Å²) in [6.45, 7) is 0. The quantitative estimate of drug-likeness (QED) is 0.728. The Morgan fingerprint density at radius 2 is 1.96 bits per heavy atom. The molecule has 0 aromatic carbocycles. The zero-order chi connectivity index (χ0) is 17.1. The lowest BCUT2D eigenvalue weighted by Gasteiger charge is -2.52. The predicted octanol–water partition coefficient (Wildman–Crippen LogP) is 0.902. The lowest BCUT2D eigenvalue weighted by Crippen LogP contribution is -2.53. The van der Waals surface area contributed by atoms with Gasteiger partial charge in [-0.15, -0.1) is 0 Å². The molecule has 3 N–H and O–H groups in total. The fraction of sp³-hybridized carbons (Fsp3) is 0.778. The van der Waals surface area contributed by atoms with Crippen molar-refractivity contribution in [2.45, 2.75) is 51.0 Å². The van der Waals surface area contributed by atoms with Crippen LogP contribution in [0, 0.1) is 46.3 Å². The Hall–Kier alpha value is -1.74. The number of nitrogens with one attached hydrogen (secondary N) is 1. The second-order valence-electron chi connectivity index (χ2n) is 8.25. The number of hydrogen-bond acceptors (Lipinski definition) is 5. The highest BCUT2D eigenvalue weighted by molar-refractivity contribution is 6.05. The number of nitrogens with zero attached hydrogens (tertiary/aromatic N) is 1. The van der Waals surface area contributed by atoms with Gasteiger partial charge in [-0.05, 0) is 43.4 Å². The molecule has 24 heavy (non-hydrogen) atoms. The Morgan fingerprint density at radius 3 is 2.62 bits per heavy atom. The second kappa shape index (κ2) is 5.38. The molecular formula is C18H23N3O3. The number of Topliss-reactive ketones (excluding diaryl/α,β-unsaturated/α-hetero) is 1. The number of nitriles is 1. The van der Waals surface area contributed by atoms with E-state index in [-0.39, 0.29) is 41.8 Å². The van der Waals surface area contributed by atoms with Gasteiger partial charge < -0.3 is 5.73 Å². The molecule has 0 aromatic heterocycles. The Kier molecular flexibility index (Phi) is 3.54. The third kappa shape index (κ3) is 2.29. The Bertz CT molecular complexity index is 650. The minimum absolute atomic E-state index is 0.0264. The highest BCUT2D eigenvalue weighted by Crippen LogP contribution is 2.60. The summed E-state index contributed by atoms with van der Waals surface area (Å²) >= 11 is 0. The first kappa shape index (κ1) is 15.8. The van der Waals surface area contributed by atoms with Gasteiger partial charge in [-0.1, -0.05) is 12.8 Å². The number of carbonyl (C=O) groups excluding carboxylic acids is 3. The first-order chi connectivity index (χ1) is 11.4. The third-order valence-corrected chi connectivity index (χ3v) is 6.77. The summed E-state index contributed by atoms with van der Waals surface area (Å²) in [5, 5.41) is 12.3. The number of rotatable bonds is 5. The highest BCUT2D eigenvalue weighted by atomic mass is 16.2. The fourth-order valence-electron chi connectivity index (χ4n) is 5.43. The van der Waals surface area contributed by atoms with Crippen LogP contribution in [-0.2, 0) is 14.4 Å².